The van der Waals surface area contributed by atoms with E-state index >= 15 is 0 Å². The number of hydrogen-bond donors (Lipinski definition) is 2. The molecule has 0 saturated carbocycles. The molecule has 0 aliphatic carbocycles. The fourth-order valence-electron chi connectivity index (χ4n) is 2.27. The van der Waals surface area contributed by atoms with Gasteiger partial charge in [-0.25, -0.2) is 0 Å². The first kappa shape index (κ1) is 14.0. The second kappa shape index (κ2) is 6.68. The van der Waals surface area contributed by atoms with Crippen LogP contribution in [0.25, 0.3) is 0 Å². The van der Waals surface area contributed by atoms with E-state index in [2.05, 4.69) is 15.7 Å². The second-order valence-electron chi connectivity index (χ2n) is 4.88. The average Bonchev–Trinajstić information content (AvgIpc) is 2.75. The Labute approximate surface area is 113 Å². The van der Waals surface area contributed by atoms with Crippen molar-refractivity contribution in [3.63, 3.8) is 0 Å². The molecule has 0 aromatic carbocycles. The maximum atomic E-state index is 11.9. The molecule has 6 heteroatoms. The first-order valence-corrected chi connectivity index (χ1v) is 6.77. The molecule has 19 heavy (non-hydrogen) atoms. The van der Waals surface area contributed by atoms with Gasteiger partial charge in [-0.3, -0.25) is 9.48 Å². The highest BCUT2D eigenvalue weighted by molar-refractivity contribution is 5.94. The molecule has 0 bridgehead atoms. The maximum Gasteiger partial charge on any atom is 0.254 e. The van der Waals surface area contributed by atoms with Crippen LogP contribution in [0.2, 0.25) is 0 Å². The number of amides is 1. The van der Waals surface area contributed by atoms with Crippen molar-refractivity contribution in [2.45, 2.75) is 25.9 Å². The third kappa shape index (κ3) is 4.04. The lowest BCUT2D eigenvalue weighted by Crippen LogP contribution is -2.34. The summed E-state index contributed by atoms with van der Waals surface area (Å²) in [4.78, 5) is 11.9. The summed E-state index contributed by atoms with van der Waals surface area (Å²) in [5.41, 5.74) is 1.38. The largest absolute Gasteiger partial charge is 0.376 e. The van der Waals surface area contributed by atoms with Gasteiger partial charge in [-0.2, -0.15) is 5.10 Å². The van der Waals surface area contributed by atoms with Gasteiger partial charge in [-0.1, -0.05) is 0 Å². The lowest BCUT2D eigenvalue weighted by molar-refractivity contribution is 0.0343. The second-order valence-corrected chi connectivity index (χ2v) is 4.88. The minimum Gasteiger partial charge on any atom is -0.376 e. The maximum absolute atomic E-state index is 11.9. The van der Waals surface area contributed by atoms with Crippen molar-refractivity contribution in [1.82, 2.24) is 20.4 Å². The van der Waals surface area contributed by atoms with Crippen LogP contribution < -0.4 is 10.6 Å². The molecule has 0 spiro atoms. The molecule has 0 atom stereocenters. The lowest BCUT2D eigenvalue weighted by atomic mass is 10.1. The van der Waals surface area contributed by atoms with Crippen LogP contribution in [0.1, 0.15) is 28.9 Å². The van der Waals surface area contributed by atoms with Gasteiger partial charge < -0.3 is 15.4 Å². The number of aromatic nitrogens is 2. The van der Waals surface area contributed by atoms with Crippen LogP contribution in [0.3, 0.4) is 0 Å². The number of rotatable bonds is 5. The molecule has 1 fully saturated rings. The van der Waals surface area contributed by atoms with Crippen LogP contribution >= 0.6 is 0 Å². The summed E-state index contributed by atoms with van der Waals surface area (Å²) in [6.07, 6.45) is 4.17. The van der Waals surface area contributed by atoms with E-state index in [0.717, 1.165) is 31.6 Å². The SMILES string of the molecule is Cc1nn(C)cc1C(=O)NCCOC1CCNCC1. The Morgan fingerprint density at radius 1 is 1.58 bits per heavy atom. The highest BCUT2D eigenvalue weighted by Gasteiger charge is 2.14. The molecular formula is C13H22N4O2. The predicted octanol–water partition coefficient (Wildman–Crippen LogP) is 0.227. The van der Waals surface area contributed by atoms with E-state index in [1.54, 1.807) is 10.9 Å². The van der Waals surface area contributed by atoms with Crippen LogP contribution in [0.4, 0.5) is 0 Å². The van der Waals surface area contributed by atoms with Gasteiger partial charge in [0.2, 0.25) is 0 Å². The van der Waals surface area contributed by atoms with Crippen LogP contribution in [-0.2, 0) is 11.8 Å². The third-order valence-electron chi connectivity index (χ3n) is 3.29. The predicted molar refractivity (Wildman–Crippen MR) is 72.1 cm³/mol. The lowest BCUT2D eigenvalue weighted by Gasteiger charge is -2.22. The Morgan fingerprint density at radius 3 is 2.95 bits per heavy atom. The Balaban J connectivity index is 1.67. The van der Waals surface area contributed by atoms with Crippen molar-refractivity contribution in [2.75, 3.05) is 26.2 Å². The van der Waals surface area contributed by atoms with E-state index < -0.39 is 0 Å². The van der Waals surface area contributed by atoms with E-state index in [9.17, 15) is 4.79 Å². The third-order valence-corrected chi connectivity index (χ3v) is 3.29. The smallest absolute Gasteiger partial charge is 0.254 e. The fourth-order valence-corrected chi connectivity index (χ4v) is 2.27. The number of hydrogen-bond acceptors (Lipinski definition) is 4. The summed E-state index contributed by atoms with van der Waals surface area (Å²) in [6.45, 7) is 4.98. The monoisotopic (exact) mass is 266 g/mol. The number of ether oxygens (including phenoxy) is 1. The molecule has 1 aliphatic rings. The van der Waals surface area contributed by atoms with Gasteiger partial charge in [0.25, 0.3) is 5.91 Å². The highest BCUT2D eigenvalue weighted by Crippen LogP contribution is 2.07. The van der Waals surface area contributed by atoms with Gasteiger partial charge in [0.05, 0.1) is 24.0 Å². The summed E-state index contributed by atoms with van der Waals surface area (Å²) in [5.74, 6) is -0.0838. The topological polar surface area (TPSA) is 68.2 Å². The first-order valence-electron chi connectivity index (χ1n) is 6.77. The minimum absolute atomic E-state index is 0.0838. The Hall–Kier alpha value is -1.40. The van der Waals surface area contributed by atoms with Crippen molar-refractivity contribution < 1.29 is 9.53 Å². The summed E-state index contributed by atoms with van der Waals surface area (Å²) < 4.78 is 7.38. The van der Waals surface area contributed by atoms with Crippen LogP contribution in [0.5, 0.6) is 0 Å². The molecule has 2 rings (SSSR count). The molecule has 2 heterocycles. The molecule has 1 saturated heterocycles. The van der Waals surface area contributed by atoms with Crippen molar-refractivity contribution >= 4 is 5.91 Å². The molecule has 0 unspecified atom stereocenters. The van der Waals surface area contributed by atoms with Crippen LogP contribution in [0.15, 0.2) is 6.20 Å². The number of piperidine rings is 1. The molecule has 6 nitrogen and oxygen atoms in total. The van der Waals surface area contributed by atoms with E-state index in [4.69, 9.17) is 4.74 Å². The summed E-state index contributed by atoms with van der Waals surface area (Å²) in [5, 5.41) is 10.3. The normalized spacial score (nSPS) is 16.5. The minimum atomic E-state index is -0.0838. The number of carbonyl (C=O) groups is 1. The molecule has 1 aliphatic heterocycles. The van der Waals surface area contributed by atoms with Crippen LogP contribution in [0, 0.1) is 6.92 Å². The number of carbonyl (C=O) groups excluding carboxylic acids is 1. The van der Waals surface area contributed by atoms with Gasteiger partial charge in [-0.15, -0.1) is 0 Å². The summed E-state index contributed by atoms with van der Waals surface area (Å²) in [6, 6.07) is 0. The first-order chi connectivity index (χ1) is 9.16. The zero-order chi connectivity index (χ0) is 13.7. The van der Waals surface area contributed by atoms with Gasteiger partial charge in [0.1, 0.15) is 0 Å². The summed E-state index contributed by atoms with van der Waals surface area (Å²) >= 11 is 0. The van der Waals surface area contributed by atoms with Crippen LogP contribution in [-0.4, -0.2) is 48.0 Å². The molecule has 1 aromatic heterocycles. The van der Waals surface area contributed by atoms with Gasteiger partial charge in [-0.05, 0) is 32.9 Å². The Bertz CT molecular complexity index is 424. The number of nitrogens with one attached hydrogen (secondary N) is 2. The Morgan fingerprint density at radius 2 is 2.32 bits per heavy atom. The zero-order valence-electron chi connectivity index (χ0n) is 11.6. The van der Waals surface area contributed by atoms with E-state index in [1.165, 1.54) is 0 Å². The van der Waals surface area contributed by atoms with Crippen molar-refractivity contribution in [3.05, 3.63) is 17.5 Å². The standard InChI is InChI=1S/C13H22N4O2/c1-10-12(9-17(2)16-10)13(18)15-7-8-19-11-3-5-14-6-4-11/h9,11,14H,3-8H2,1-2H3,(H,15,18). The molecule has 1 amide bonds. The molecule has 2 N–H and O–H groups in total. The van der Waals surface area contributed by atoms with Crippen molar-refractivity contribution in [2.24, 2.45) is 7.05 Å². The molecule has 1 aromatic rings. The van der Waals surface area contributed by atoms with Gasteiger partial charge >= 0.3 is 0 Å². The van der Waals surface area contributed by atoms with E-state index in [0.29, 0.717) is 24.8 Å². The van der Waals surface area contributed by atoms with E-state index in [1.807, 2.05) is 14.0 Å². The average molecular weight is 266 g/mol. The zero-order valence-corrected chi connectivity index (χ0v) is 11.6. The number of nitrogens with zero attached hydrogens (tertiary/aromatic N) is 2. The quantitative estimate of drug-likeness (QED) is 0.749. The highest BCUT2D eigenvalue weighted by atomic mass is 16.5. The molecular weight excluding hydrogens is 244 g/mol. The molecule has 106 valence electrons. The Kier molecular flexibility index (Phi) is 4.93. The van der Waals surface area contributed by atoms with E-state index in [-0.39, 0.29) is 5.91 Å². The van der Waals surface area contributed by atoms with Gasteiger partial charge in [0, 0.05) is 19.8 Å². The van der Waals surface area contributed by atoms with Crippen molar-refractivity contribution in [3.8, 4) is 0 Å². The summed E-state index contributed by atoms with van der Waals surface area (Å²) in [7, 11) is 1.81. The fraction of sp³-hybridized carbons (Fsp3) is 0.692. The van der Waals surface area contributed by atoms with Gasteiger partial charge in [0.15, 0.2) is 0 Å². The number of aryl methyl sites for hydroxylation is 2. The van der Waals surface area contributed by atoms with Crippen molar-refractivity contribution in [1.29, 1.82) is 0 Å². The molecule has 0 radical (unpaired) electrons.